The molecule has 4 nitrogen and oxygen atoms in total. The highest BCUT2D eigenvalue weighted by atomic mass is 19.4. The van der Waals surface area contributed by atoms with Gasteiger partial charge in [0.05, 0.1) is 0 Å². The summed E-state index contributed by atoms with van der Waals surface area (Å²) in [6.45, 7) is 0. The summed E-state index contributed by atoms with van der Waals surface area (Å²) in [7, 11) is 0. The van der Waals surface area contributed by atoms with Crippen LogP contribution in [0.3, 0.4) is 0 Å². The Morgan fingerprint density at radius 1 is 0.459 bits per heavy atom. The molecule has 10 heteroatoms. The van der Waals surface area contributed by atoms with Gasteiger partial charge in [0.15, 0.2) is 0 Å². The fourth-order valence-corrected chi connectivity index (χ4v) is 4.00. The number of ether oxygens (including phenoxy) is 2. The van der Waals surface area contributed by atoms with Crippen LogP contribution in [0.1, 0.15) is 11.1 Å². The maximum absolute atomic E-state index is 14.6. The fraction of sp³-hybridized carbons (Fsp3) is 0.111. The minimum atomic E-state index is -5.78. The second-order valence-electron chi connectivity index (χ2n) is 8.15. The molecule has 0 aliphatic rings. The first-order chi connectivity index (χ1) is 17.4. The molecule has 0 aliphatic carbocycles. The van der Waals surface area contributed by atoms with Crippen molar-refractivity contribution in [1.29, 1.82) is 0 Å². The SMILES string of the molecule is Nc1cccc(Oc2cccc(C(c3cccc(Oc4cccc(N)c4)c3)(C(F)(F)F)C(F)(F)F)c2)c1. The first-order valence-electron chi connectivity index (χ1n) is 10.8. The van der Waals surface area contributed by atoms with Crippen molar-refractivity contribution in [2.24, 2.45) is 0 Å². The Hall–Kier alpha value is -4.34. The summed E-state index contributed by atoms with van der Waals surface area (Å²) >= 11 is 0. The van der Waals surface area contributed by atoms with Gasteiger partial charge in [-0.05, 0) is 59.7 Å². The summed E-state index contributed by atoms with van der Waals surface area (Å²) in [6, 6.07) is 19.5. The number of rotatable bonds is 6. The van der Waals surface area contributed by atoms with Crippen LogP contribution in [0.4, 0.5) is 37.7 Å². The highest BCUT2D eigenvalue weighted by Gasteiger charge is 2.72. The molecule has 0 saturated carbocycles. The van der Waals surface area contributed by atoms with Gasteiger partial charge in [0.25, 0.3) is 0 Å². The van der Waals surface area contributed by atoms with Crippen molar-refractivity contribution in [3.63, 3.8) is 0 Å². The van der Waals surface area contributed by atoms with Crippen LogP contribution in [0, 0.1) is 0 Å². The zero-order chi connectivity index (χ0) is 26.8. The van der Waals surface area contributed by atoms with Crippen LogP contribution in [0.15, 0.2) is 97.1 Å². The molecular weight excluding hydrogens is 498 g/mol. The topological polar surface area (TPSA) is 70.5 Å². The van der Waals surface area contributed by atoms with Crippen molar-refractivity contribution >= 4 is 11.4 Å². The molecule has 0 unspecified atom stereocenters. The summed E-state index contributed by atoms with van der Waals surface area (Å²) in [5.41, 5.74) is 5.45. The lowest BCUT2D eigenvalue weighted by Gasteiger charge is -2.38. The van der Waals surface area contributed by atoms with Crippen LogP contribution in [0.5, 0.6) is 23.0 Å². The number of halogens is 6. The van der Waals surface area contributed by atoms with Gasteiger partial charge in [-0.1, -0.05) is 36.4 Å². The molecule has 0 aliphatic heterocycles. The van der Waals surface area contributed by atoms with Crippen LogP contribution in [0.25, 0.3) is 0 Å². The van der Waals surface area contributed by atoms with Crippen molar-refractivity contribution in [2.75, 3.05) is 11.5 Å². The summed E-state index contributed by atoms with van der Waals surface area (Å²) < 4.78 is 98.8. The third-order valence-electron chi connectivity index (χ3n) is 5.57. The van der Waals surface area contributed by atoms with Gasteiger partial charge < -0.3 is 20.9 Å². The van der Waals surface area contributed by atoms with E-state index in [1.54, 1.807) is 12.1 Å². The molecule has 0 heterocycles. The van der Waals surface area contributed by atoms with E-state index in [4.69, 9.17) is 20.9 Å². The maximum atomic E-state index is 14.6. The first kappa shape index (κ1) is 25.7. The van der Waals surface area contributed by atoms with Crippen molar-refractivity contribution in [3.05, 3.63) is 108 Å². The van der Waals surface area contributed by atoms with Crippen molar-refractivity contribution in [1.82, 2.24) is 0 Å². The van der Waals surface area contributed by atoms with E-state index in [0.717, 1.165) is 36.4 Å². The molecular formula is C27H20F6N2O2. The Morgan fingerprint density at radius 2 is 0.784 bits per heavy atom. The third kappa shape index (κ3) is 5.13. The van der Waals surface area contributed by atoms with Crippen LogP contribution < -0.4 is 20.9 Å². The van der Waals surface area contributed by atoms with Crippen LogP contribution >= 0.6 is 0 Å². The zero-order valence-corrected chi connectivity index (χ0v) is 19.0. The van der Waals surface area contributed by atoms with E-state index >= 15 is 0 Å². The normalized spacial score (nSPS) is 12.3. The van der Waals surface area contributed by atoms with Crippen molar-refractivity contribution in [2.45, 2.75) is 17.8 Å². The fourth-order valence-electron chi connectivity index (χ4n) is 4.00. The molecule has 0 fully saturated rings. The molecule has 4 aromatic carbocycles. The van der Waals surface area contributed by atoms with Gasteiger partial charge in [-0.2, -0.15) is 26.3 Å². The predicted molar refractivity (Wildman–Crippen MR) is 128 cm³/mol. The highest BCUT2D eigenvalue weighted by molar-refractivity contribution is 5.51. The Morgan fingerprint density at radius 3 is 1.11 bits per heavy atom. The molecule has 4 N–H and O–H groups in total. The van der Waals surface area contributed by atoms with Gasteiger partial charge >= 0.3 is 12.4 Å². The van der Waals surface area contributed by atoms with E-state index in [1.807, 2.05) is 0 Å². The Kier molecular flexibility index (Phi) is 6.68. The number of alkyl halides is 6. The summed E-state index contributed by atoms with van der Waals surface area (Å²) in [6.07, 6.45) is -11.6. The second kappa shape index (κ2) is 9.61. The van der Waals surface area contributed by atoms with Gasteiger partial charge in [0.1, 0.15) is 23.0 Å². The molecule has 0 saturated heterocycles. The summed E-state index contributed by atoms with van der Waals surface area (Å²) in [5.74, 6) is -0.153. The Balaban J connectivity index is 1.85. The minimum absolute atomic E-state index is 0.152. The lowest BCUT2D eigenvalue weighted by Crippen LogP contribution is -2.54. The van der Waals surface area contributed by atoms with E-state index in [0.29, 0.717) is 11.4 Å². The van der Waals surface area contributed by atoms with E-state index in [9.17, 15) is 26.3 Å². The Labute approximate surface area is 208 Å². The smallest absolute Gasteiger partial charge is 0.411 e. The molecule has 0 amide bonds. The molecule has 0 atom stereocenters. The lowest BCUT2D eigenvalue weighted by molar-refractivity contribution is -0.288. The van der Waals surface area contributed by atoms with Gasteiger partial charge in [-0.25, -0.2) is 0 Å². The number of nitrogens with two attached hydrogens (primary N) is 2. The summed E-state index contributed by atoms with van der Waals surface area (Å²) in [5, 5.41) is 0. The first-order valence-corrected chi connectivity index (χ1v) is 10.8. The predicted octanol–water partition coefficient (Wildman–Crippen LogP) is 7.85. The molecule has 0 spiro atoms. The van der Waals surface area contributed by atoms with Gasteiger partial charge in [0.2, 0.25) is 5.41 Å². The summed E-state index contributed by atoms with van der Waals surface area (Å²) in [4.78, 5) is 0. The average molecular weight is 518 g/mol. The minimum Gasteiger partial charge on any atom is -0.457 e. The second-order valence-corrected chi connectivity index (χ2v) is 8.15. The van der Waals surface area contributed by atoms with Gasteiger partial charge in [-0.3, -0.25) is 0 Å². The molecule has 4 rings (SSSR count). The Bertz CT molecular complexity index is 1300. The molecule has 4 aromatic rings. The largest absolute Gasteiger partial charge is 0.457 e. The van der Waals surface area contributed by atoms with Gasteiger partial charge in [0, 0.05) is 23.5 Å². The molecule has 37 heavy (non-hydrogen) atoms. The quantitative estimate of drug-likeness (QED) is 0.202. The number of hydrogen-bond acceptors (Lipinski definition) is 4. The van der Waals surface area contributed by atoms with E-state index in [2.05, 4.69) is 0 Å². The highest BCUT2D eigenvalue weighted by Crippen LogP contribution is 2.57. The standard InChI is InChI=1S/C27H20F6N2O2/c28-26(29,30)25(27(31,32)33,17-5-1-9-21(13-17)36-23-11-3-7-19(34)15-23)18-6-2-10-22(14-18)37-24-12-4-8-20(35)16-24/h1-16H,34-35H2. The molecule has 0 bridgehead atoms. The van der Waals surface area contributed by atoms with Gasteiger partial charge in [-0.15, -0.1) is 0 Å². The third-order valence-corrected chi connectivity index (χ3v) is 5.57. The molecule has 0 radical (unpaired) electrons. The van der Waals surface area contributed by atoms with Crippen LogP contribution in [0.2, 0.25) is 0 Å². The maximum Gasteiger partial charge on any atom is 0.411 e. The number of hydrogen-bond donors (Lipinski definition) is 2. The molecule has 0 aromatic heterocycles. The van der Waals surface area contributed by atoms with E-state index < -0.39 is 28.9 Å². The number of anilines is 2. The van der Waals surface area contributed by atoms with E-state index in [-0.39, 0.29) is 23.0 Å². The zero-order valence-electron chi connectivity index (χ0n) is 19.0. The monoisotopic (exact) mass is 518 g/mol. The van der Waals surface area contributed by atoms with E-state index in [1.165, 1.54) is 48.5 Å². The molecule has 192 valence electrons. The number of benzene rings is 4. The number of nitrogen functional groups attached to an aromatic ring is 2. The lowest BCUT2D eigenvalue weighted by atomic mass is 9.73. The average Bonchev–Trinajstić information content (AvgIpc) is 2.78. The van der Waals surface area contributed by atoms with Crippen LogP contribution in [-0.4, -0.2) is 12.4 Å². The van der Waals surface area contributed by atoms with Crippen LogP contribution in [-0.2, 0) is 5.41 Å². The van der Waals surface area contributed by atoms with Crippen molar-refractivity contribution < 1.29 is 35.8 Å². The van der Waals surface area contributed by atoms with Crippen molar-refractivity contribution in [3.8, 4) is 23.0 Å².